The number of aliphatic carboxylic acids is 1. The van der Waals surface area contributed by atoms with Gasteiger partial charge in [0.15, 0.2) is 5.82 Å². The van der Waals surface area contributed by atoms with E-state index in [1.807, 2.05) is 0 Å². The average molecular weight is 336 g/mol. The van der Waals surface area contributed by atoms with Crippen molar-refractivity contribution in [2.24, 2.45) is 5.10 Å². The Balaban J connectivity index is 2.31. The molecule has 0 saturated heterocycles. The molecule has 0 fully saturated rings. The van der Waals surface area contributed by atoms with E-state index in [0.29, 0.717) is 0 Å². The molecule has 116 valence electrons. The van der Waals surface area contributed by atoms with Crippen molar-refractivity contribution >= 4 is 29.2 Å². The first-order valence-electron chi connectivity index (χ1n) is 5.34. The summed E-state index contributed by atoms with van der Waals surface area (Å²) in [5.41, 5.74) is 2.20. The Morgan fingerprint density at radius 3 is 2.73 bits per heavy atom. The number of rotatable bonds is 2. The Hall–Kier alpha value is -2.76. The third kappa shape index (κ3) is 3.46. The smallest absolute Gasteiger partial charge is 0.455 e. The van der Waals surface area contributed by atoms with E-state index >= 15 is 0 Å². The molecular weight excluding hydrogens is 331 g/mol. The number of carboxylic acids is 1. The number of pyridine rings is 1. The zero-order chi connectivity index (χ0) is 16.3. The second-order valence-electron chi connectivity index (χ2n) is 3.59. The minimum Gasteiger partial charge on any atom is -0.475 e. The lowest BCUT2D eigenvalue weighted by atomic mass is 10.5. The van der Waals surface area contributed by atoms with Crippen molar-refractivity contribution in [3.63, 3.8) is 0 Å². The number of alkyl halides is 3. The number of halogens is 4. The van der Waals surface area contributed by atoms with Crippen molar-refractivity contribution in [1.82, 2.24) is 25.2 Å². The molecule has 0 spiro atoms. The van der Waals surface area contributed by atoms with E-state index in [-0.39, 0.29) is 15.6 Å². The van der Waals surface area contributed by atoms with Gasteiger partial charge in [-0.2, -0.15) is 13.2 Å². The lowest BCUT2D eigenvalue weighted by Gasteiger charge is -2.03. The van der Waals surface area contributed by atoms with Crippen LogP contribution in [0.2, 0.25) is 5.02 Å². The number of carbonyl (C=O) groups is 1. The lowest BCUT2D eigenvalue weighted by Crippen LogP contribution is -2.26. The largest absolute Gasteiger partial charge is 0.475 e. The van der Waals surface area contributed by atoms with Crippen LogP contribution in [0.25, 0.3) is 0 Å². The molecule has 2 N–H and O–H groups in total. The van der Waals surface area contributed by atoms with Crippen molar-refractivity contribution in [1.29, 1.82) is 0 Å². The minimum atomic E-state index is -4.86. The monoisotopic (exact) mass is 335 g/mol. The number of hydrogen-bond acceptors (Lipinski definition) is 7. The van der Waals surface area contributed by atoms with Gasteiger partial charge in [0.1, 0.15) is 0 Å². The molecule has 0 aliphatic heterocycles. The molecule has 2 aromatic rings. The van der Waals surface area contributed by atoms with Crippen LogP contribution in [-0.2, 0) is 11.0 Å². The summed E-state index contributed by atoms with van der Waals surface area (Å²) in [6.45, 7) is 0. The molecule has 0 bridgehead atoms. The number of hydrogen-bond donors (Lipinski definition) is 2. The van der Waals surface area contributed by atoms with Crippen LogP contribution in [0, 0.1) is 0 Å². The van der Waals surface area contributed by atoms with E-state index in [9.17, 15) is 18.0 Å². The first-order valence-corrected chi connectivity index (χ1v) is 5.72. The van der Waals surface area contributed by atoms with Gasteiger partial charge in [-0.05, 0) is 17.3 Å². The Kier molecular flexibility index (Phi) is 4.21. The highest BCUT2D eigenvalue weighted by Crippen LogP contribution is 2.24. The predicted molar refractivity (Wildman–Crippen MR) is 66.2 cm³/mol. The highest BCUT2D eigenvalue weighted by molar-refractivity contribution is 6.35. The van der Waals surface area contributed by atoms with E-state index < -0.39 is 23.8 Å². The summed E-state index contributed by atoms with van der Waals surface area (Å²) in [5.74, 6) is -4.24. The molecule has 22 heavy (non-hydrogen) atoms. The zero-order valence-electron chi connectivity index (χ0n) is 10.3. The average Bonchev–Trinajstić information content (AvgIpc) is 2.90. The Morgan fingerprint density at radius 1 is 1.45 bits per heavy atom. The molecule has 0 radical (unpaired) electrons. The van der Waals surface area contributed by atoms with E-state index in [2.05, 4.69) is 30.9 Å². The number of anilines is 1. The van der Waals surface area contributed by atoms with Crippen LogP contribution in [0.4, 0.5) is 19.0 Å². The van der Waals surface area contributed by atoms with Crippen LogP contribution in [-0.4, -0.2) is 42.1 Å². The standard InChI is InChI=1S/C9H5ClF3N7O2/c10-4-2-1-3-14-5(4)15-16-6(7(21)22)20-18-8(17-19-20)9(11,12)13/h1-3H,(H,14,15)(H,21,22)/b16-6-. The molecule has 0 aliphatic rings. The van der Waals surface area contributed by atoms with E-state index in [1.54, 1.807) is 0 Å². The maximum absolute atomic E-state index is 12.4. The van der Waals surface area contributed by atoms with Crippen molar-refractivity contribution in [2.75, 3.05) is 5.43 Å². The highest BCUT2D eigenvalue weighted by Gasteiger charge is 2.37. The quantitative estimate of drug-likeness (QED) is 0.479. The van der Waals surface area contributed by atoms with Crippen LogP contribution in [0.5, 0.6) is 0 Å². The van der Waals surface area contributed by atoms with E-state index in [0.717, 1.165) is 0 Å². The van der Waals surface area contributed by atoms with Gasteiger partial charge >= 0.3 is 12.1 Å². The van der Waals surface area contributed by atoms with Crippen molar-refractivity contribution in [2.45, 2.75) is 6.18 Å². The Bertz CT molecular complexity index is 730. The van der Waals surface area contributed by atoms with Crippen LogP contribution >= 0.6 is 11.6 Å². The molecule has 0 aliphatic carbocycles. The third-order valence-electron chi connectivity index (χ3n) is 2.07. The molecular formula is C9H5ClF3N7O2. The van der Waals surface area contributed by atoms with Gasteiger partial charge in [0.05, 0.1) is 5.02 Å². The predicted octanol–water partition coefficient (Wildman–Crippen LogP) is 1.10. The van der Waals surface area contributed by atoms with Gasteiger partial charge in [-0.15, -0.1) is 20.1 Å². The van der Waals surface area contributed by atoms with Crippen molar-refractivity contribution < 1.29 is 23.1 Å². The van der Waals surface area contributed by atoms with Crippen LogP contribution < -0.4 is 5.43 Å². The Morgan fingerprint density at radius 2 is 2.18 bits per heavy atom. The van der Waals surface area contributed by atoms with Crippen molar-refractivity contribution in [3.8, 4) is 0 Å². The Labute approximate surface area is 124 Å². The summed E-state index contributed by atoms with van der Waals surface area (Å²) >= 11 is 5.76. The van der Waals surface area contributed by atoms with Crippen LogP contribution in [0.3, 0.4) is 0 Å². The first-order chi connectivity index (χ1) is 10.3. The van der Waals surface area contributed by atoms with Gasteiger partial charge in [0.2, 0.25) is 0 Å². The molecule has 0 aromatic carbocycles. The second-order valence-corrected chi connectivity index (χ2v) is 3.99. The van der Waals surface area contributed by atoms with E-state index in [1.165, 1.54) is 18.3 Å². The SMILES string of the molecule is O=C(O)/C(=N/Nc1ncccc1Cl)n1nnc(C(F)(F)F)n1. The molecule has 0 amide bonds. The van der Waals surface area contributed by atoms with E-state index in [4.69, 9.17) is 16.7 Å². The van der Waals surface area contributed by atoms with Crippen LogP contribution in [0.1, 0.15) is 5.82 Å². The van der Waals surface area contributed by atoms with Gasteiger partial charge < -0.3 is 5.11 Å². The fraction of sp³-hybridized carbons (Fsp3) is 0.111. The highest BCUT2D eigenvalue weighted by atomic mass is 35.5. The summed E-state index contributed by atoms with van der Waals surface area (Å²) in [5, 5.41) is 21.0. The molecule has 2 rings (SSSR count). The summed E-state index contributed by atoms with van der Waals surface area (Å²) in [6.07, 6.45) is -3.51. The number of nitrogens with zero attached hydrogens (tertiary/aromatic N) is 6. The molecule has 0 saturated carbocycles. The van der Waals surface area contributed by atoms with Gasteiger partial charge in [0, 0.05) is 6.20 Å². The summed E-state index contributed by atoms with van der Waals surface area (Å²) in [6, 6.07) is 2.96. The first kappa shape index (κ1) is 15.6. The minimum absolute atomic E-state index is 0.000855. The van der Waals surface area contributed by atoms with Crippen LogP contribution in [0.15, 0.2) is 23.4 Å². The lowest BCUT2D eigenvalue weighted by molar-refractivity contribution is -0.145. The fourth-order valence-electron chi connectivity index (χ4n) is 1.17. The number of aromatic nitrogens is 5. The zero-order valence-corrected chi connectivity index (χ0v) is 11.0. The molecule has 13 heteroatoms. The van der Waals surface area contributed by atoms with Gasteiger partial charge in [-0.25, -0.2) is 9.78 Å². The maximum atomic E-state index is 12.4. The third-order valence-corrected chi connectivity index (χ3v) is 2.38. The number of hydrazone groups is 1. The molecule has 2 heterocycles. The normalized spacial score (nSPS) is 12.3. The number of tetrazole rings is 1. The number of carboxylic acid groups (broad SMARTS) is 1. The number of nitrogens with one attached hydrogen (secondary N) is 1. The van der Waals surface area contributed by atoms with Gasteiger partial charge in [-0.3, -0.25) is 5.43 Å². The molecule has 2 aromatic heterocycles. The summed E-state index contributed by atoms with van der Waals surface area (Å²) < 4.78 is 37.1. The second kappa shape index (κ2) is 5.93. The maximum Gasteiger partial charge on any atom is 0.455 e. The topological polar surface area (TPSA) is 118 Å². The molecule has 0 unspecified atom stereocenters. The molecule has 9 nitrogen and oxygen atoms in total. The summed E-state index contributed by atoms with van der Waals surface area (Å²) in [7, 11) is 0. The fourth-order valence-corrected chi connectivity index (χ4v) is 1.33. The van der Waals surface area contributed by atoms with Crippen molar-refractivity contribution in [3.05, 3.63) is 29.2 Å². The van der Waals surface area contributed by atoms with Gasteiger partial charge in [-0.1, -0.05) is 11.6 Å². The summed E-state index contributed by atoms with van der Waals surface area (Å²) in [4.78, 5) is 14.9. The van der Waals surface area contributed by atoms with Gasteiger partial charge in [0.25, 0.3) is 11.7 Å². The molecule has 0 atom stereocenters.